The lowest BCUT2D eigenvalue weighted by Gasteiger charge is -2.26. The van der Waals surface area contributed by atoms with Crippen molar-refractivity contribution in [2.75, 3.05) is 30.8 Å². The van der Waals surface area contributed by atoms with Gasteiger partial charge in [0.1, 0.15) is 5.75 Å². The standard InChI is InChI=1S/C32H38N4O5S/c1-22-21-36-13-8-14-42(39,40)35(2)29-18-25(17-27(22)31(29)36)32(38)34-28(16-23-9-5-4-6-10-23)30(37)20-33-19-24-11-7-12-26(15-24)41-3/h4-7,9-12,15,17-18,21,28,30,33,37H,8,13-14,16,19-20H2,1-3H3,(H,34,38)/t28-,30+/m0/s1. The Hall–Kier alpha value is -3.86. The van der Waals surface area contributed by atoms with Crippen molar-refractivity contribution in [1.82, 2.24) is 15.2 Å². The molecule has 1 amide bonds. The third-order valence-electron chi connectivity index (χ3n) is 7.87. The Bertz CT molecular complexity index is 1670. The summed E-state index contributed by atoms with van der Waals surface area (Å²) in [5.41, 5.74) is 4.59. The van der Waals surface area contributed by atoms with Gasteiger partial charge in [0.05, 0.1) is 36.2 Å². The van der Waals surface area contributed by atoms with E-state index in [1.807, 2.05) is 73.8 Å². The SMILES string of the molecule is COc1cccc(CNC[C@@H](O)[C@H](Cc2ccccc2)NC(=O)c2cc3c4c(c2)c(C)cn4CCCS(=O)(=O)N3C)c1. The quantitative estimate of drug-likeness (QED) is 0.260. The summed E-state index contributed by atoms with van der Waals surface area (Å²) in [6.07, 6.45) is 2.06. The number of benzene rings is 3. The smallest absolute Gasteiger partial charge is 0.251 e. The number of carbonyl (C=O) groups is 1. The number of aromatic nitrogens is 1. The van der Waals surface area contributed by atoms with Crippen LogP contribution in [0.25, 0.3) is 10.9 Å². The molecule has 0 saturated carbocycles. The zero-order valence-corrected chi connectivity index (χ0v) is 25.0. The van der Waals surface area contributed by atoms with E-state index in [0.717, 1.165) is 33.3 Å². The summed E-state index contributed by atoms with van der Waals surface area (Å²) in [4.78, 5) is 13.8. The molecule has 3 N–H and O–H groups in total. The number of nitrogens with zero attached hydrogens (tertiary/aromatic N) is 2. The van der Waals surface area contributed by atoms with Gasteiger partial charge in [0.15, 0.2) is 0 Å². The van der Waals surface area contributed by atoms with E-state index in [1.54, 1.807) is 20.2 Å². The van der Waals surface area contributed by atoms with Gasteiger partial charge in [0.2, 0.25) is 10.0 Å². The Morgan fingerprint density at radius 1 is 1.07 bits per heavy atom. The van der Waals surface area contributed by atoms with Crippen LogP contribution >= 0.6 is 0 Å². The third-order valence-corrected chi connectivity index (χ3v) is 9.70. The minimum Gasteiger partial charge on any atom is -0.497 e. The fraction of sp³-hybridized carbons (Fsp3) is 0.344. The maximum atomic E-state index is 13.8. The summed E-state index contributed by atoms with van der Waals surface area (Å²) in [6.45, 7) is 3.33. The number of sulfonamides is 1. The van der Waals surface area contributed by atoms with Gasteiger partial charge in [-0.2, -0.15) is 0 Å². The summed E-state index contributed by atoms with van der Waals surface area (Å²) in [5.74, 6) is 0.419. The number of ether oxygens (including phenoxy) is 1. The minimum atomic E-state index is -3.53. The molecule has 0 spiro atoms. The normalized spacial score (nSPS) is 16.0. The highest BCUT2D eigenvalue weighted by Gasteiger charge is 2.28. The fourth-order valence-electron chi connectivity index (χ4n) is 5.53. The van der Waals surface area contributed by atoms with E-state index in [1.165, 1.54) is 4.31 Å². The van der Waals surface area contributed by atoms with E-state index < -0.39 is 22.2 Å². The van der Waals surface area contributed by atoms with E-state index in [-0.39, 0.29) is 18.2 Å². The number of aliphatic hydroxyl groups excluding tert-OH is 1. The summed E-state index contributed by atoms with van der Waals surface area (Å²) < 4.78 is 34.6. The molecule has 0 radical (unpaired) electrons. The van der Waals surface area contributed by atoms with Gasteiger partial charge >= 0.3 is 0 Å². The number of carbonyl (C=O) groups excluding carboxylic acids is 1. The molecule has 1 aliphatic heterocycles. The molecule has 0 saturated heterocycles. The Morgan fingerprint density at radius 3 is 2.60 bits per heavy atom. The minimum absolute atomic E-state index is 0.0339. The van der Waals surface area contributed by atoms with Gasteiger partial charge in [0.25, 0.3) is 5.91 Å². The Morgan fingerprint density at radius 2 is 1.83 bits per heavy atom. The van der Waals surface area contributed by atoms with Crippen LogP contribution in [0.15, 0.2) is 72.9 Å². The van der Waals surface area contributed by atoms with Gasteiger partial charge in [-0.3, -0.25) is 9.10 Å². The molecule has 10 heteroatoms. The predicted molar refractivity (Wildman–Crippen MR) is 166 cm³/mol. The van der Waals surface area contributed by atoms with Gasteiger partial charge in [-0.05, 0) is 60.7 Å². The second kappa shape index (κ2) is 12.6. The van der Waals surface area contributed by atoms with Crippen molar-refractivity contribution < 1.29 is 23.1 Å². The number of anilines is 1. The third kappa shape index (κ3) is 6.46. The number of rotatable bonds is 10. The molecular weight excluding hydrogens is 552 g/mol. The largest absolute Gasteiger partial charge is 0.497 e. The molecule has 2 heterocycles. The molecule has 5 rings (SSSR count). The maximum absolute atomic E-state index is 13.8. The Labute approximate surface area is 247 Å². The second-order valence-corrected chi connectivity index (χ2v) is 13.0. The highest BCUT2D eigenvalue weighted by molar-refractivity contribution is 7.92. The number of hydrogen-bond acceptors (Lipinski definition) is 6. The van der Waals surface area contributed by atoms with E-state index in [4.69, 9.17) is 4.74 Å². The van der Waals surface area contributed by atoms with Crippen LogP contribution in [0.4, 0.5) is 5.69 Å². The first kappa shape index (κ1) is 29.6. The van der Waals surface area contributed by atoms with Gasteiger partial charge in [-0.25, -0.2) is 8.42 Å². The molecule has 0 unspecified atom stereocenters. The van der Waals surface area contributed by atoms with Crippen LogP contribution in [0, 0.1) is 6.92 Å². The molecule has 0 bridgehead atoms. The lowest BCUT2D eigenvalue weighted by atomic mass is 10.00. The predicted octanol–water partition coefficient (Wildman–Crippen LogP) is 3.62. The molecule has 1 aromatic heterocycles. The highest BCUT2D eigenvalue weighted by Crippen LogP contribution is 2.35. The summed E-state index contributed by atoms with van der Waals surface area (Å²) in [5, 5.41) is 18.4. The lowest BCUT2D eigenvalue weighted by Crippen LogP contribution is -2.48. The van der Waals surface area contributed by atoms with Crippen molar-refractivity contribution in [2.45, 2.75) is 45.0 Å². The van der Waals surface area contributed by atoms with Gasteiger partial charge in [-0.1, -0.05) is 42.5 Å². The molecule has 9 nitrogen and oxygen atoms in total. The van der Waals surface area contributed by atoms with E-state index >= 15 is 0 Å². The van der Waals surface area contributed by atoms with Crippen molar-refractivity contribution in [3.05, 3.63) is 95.2 Å². The average molecular weight is 591 g/mol. The highest BCUT2D eigenvalue weighted by atomic mass is 32.2. The van der Waals surface area contributed by atoms with Gasteiger partial charge < -0.3 is 25.0 Å². The van der Waals surface area contributed by atoms with E-state index in [9.17, 15) is 18.3 Å². The average Bonchev–Trinajstić information content (AvgIpc) is 3.30. The van der Waals surface area contributed by atoms with Crippen LogP contribution in [-0.2, 0) is 29.5 Å². The molecule has 2 atom stereocenters. The van der Waals surface area contributed by atoms with Crippen LogP contribution in [0.5, 0.6) is 5.75 Å². The molecule has 0 aliphatic carbocycles. The van der Waals surface area contributed by atoms with Gasteiger partial charge in [0, 0.05) is 43.8 Å². The van der Waals surface area contributed by atoms with E-state index in [0.29, 0.717) is 37.2 Å². The molecule has 4 aromatic rings. The molecule has 1 aliphatic rings. The van der Waals surface area contributed by atoms with Crippen LogP contribution < -0.4 is 19.7 Å². The van der Waals surface area contributed by atoms with E-state index in [2.05, 4.69) is 15.2 Å². The first-order valence-corrected chi connectivity index (χ1v) is 15.7. The number of hydrogen-bond donors (Lipinski definition) is 3. The number of aliphatic hydroxyl groups is 1. The molecule has 0 fully saturated rings. The molecule has 3 aromatic carbocycles. The number of aryl methyl sites for hydroxylation is 2. The number of amides is 1. The topological polar surface area (TPSA) is 113 Å². The monoisotopic (exact) mass is 590 g/mol. The van der Waals surface area contributed by atoms with Crippen LogP contribution in [-0.4, -0.2) is 62.6 Å². The Kier molecular flexibility index (Phi) is 8.86. The number of methoxy groups -OCH3 is 1. The van der Waals surface area contributed by atoms with Crippen molar-refractivity contribution >= 4 is 32.5 Å². The van der Waals surface area contributed by atoms with Crippen LogP contribution in [0.2, 0.25) is 0 Å². The first-order valence-electron chi connectivity index (χ1n) is 14.1. The van der Waals surface area contributed by atoms with Gasteiger partial charge in [-0.15, -0.1) is 0 Å². The summed E-state index contributed by atoms with van der Waals surface area (Å²) in [7, 11) is -0.363. The van der Waals surface area contributed by atoms with Crippen LogP contribution in [0.1, 0.15) is 33.5 Å². The van der Waals surface area contributed by atoms with Crippen molar-refractivity contribution in [3.63, 3.8) is 0 Å². The maximum Gasteiger partial charge on any atom is 0.251 e. The second-order valence-electron chi connectivity index (χ2n) is 10.9. The number of nitrogens with one attached hydrogen (secondary N) is 2. The fourth-order valence-corrected chi connectivity index (χ4v) is 6.74. The molecular formula is C32H38N4O5S. The van der Waals surface area contributed by atoms with Crippen molar-refractivity contribution in [1.29, 1.82) is 0 Å². The zero-order chi connectivity index (χ0) is 29.9. The first-order chi connectivity index (χ1) is 20.2. The zero-order valence-electron chi connectivity index (χ0n) is 24.2. The molecule has 42 heavy (non-hydrogen) atoms. The lowest BCUT2D eigenvalue weighted by molar-refractivity contribution is 0.0830. The summed E-state index contributed by atoms with van der Waals surface area (Å²) >= 11 is 0. The van der Waals surface area contributed by atoms with Crippen molar-refractivity contribution in [2.24, 2.45) is 0 Å². The van der Waals surface area contributed by atoms with Crippen molar-refractivity contribution in [3.8, 4) is 5.75 Å². The Balaban J connectivity index is 1.40. The summed E-state index contributed by atoms with van der Waals surface area (Å²) in [6, 6.07) is 20.3. The molecule has 222 valence electrons. The van der Waals surface area contributed by atoms with Crippen LogP contribution in [0.3, 0.4) is 0 Å².